The summed E-state index contributed by atoms with van der Waals surface area (Å²) in [5.41, 5.74) is 0.938. The van der Waals surface area contributed by atoms with Gasteiger partial charge in [-0.15, -0.1) is 0 Å². The van der Waals surface area contributed by atoms with Gasteiger partial charge >= 0.3 is 0 Å². The molecule has 0 aromatic heterocycles. The fourth-order valence-electron chi connectivity index (χ4n) is 4.25. The first-order valence-corrected chi connectivity index (χ1v) is 9.16. The number of phenols is 1. The molecule has 1 saturated carbocycles. The van der Waals surface area contributed by atoms with E-state index >= 15 is 0 Å². The Morgan fingerprint density at radius 2 is 2.00 bits per heavy atom. The first-order valence-electron chi connectivity index (χ1n) is 9.16. The molecule has 0 unspecified atom stereocenters. The van der Waals surface area contributed by atoms with Gasteiger partial charge in [-0.25, -0.2) is 0 Å². The third-order valence-corrected chi connectivity index (χ3v) is 5.55. The van der Waals surface area contributed by atoms with Crippen molar-refractivity contribution in [2.24, 2.45) is 0 Å². The number of ether oxygens (including phenoxy) is 1. The van der Waals surface area contributed by atoms with Crippen LogP contribution in [-0.2, 0) is 6.54 Å². The molecular weight excluding hydrogens is 304 g/mol. The zero-order chi connectivity index (χ0) is 16.9. The zero-order valence-corrected chi connectivity index (χ0v) is 14.7. The normalized spacial score (nSPS) is 23.7. The van der Waals surface area contributed by atoms with Crippen LogP contribution in [0.4, 0.5) is 0 Å². The number of rotatable bonds is 6. The lowest BCUT2D eigenvalue weighted by atomic mass is 10.0. The Morgan fingerprint density at radius 3 is 2.67 bits per heavy atom. The van der Waals surface area contributed by atoms with Crippen LogP contribution in [0.1, 0.15) is 37.7 Å². The van der Waals surface area contributed by atoms with Gasteiger partial charge < -0.3 is 14.9 Å². The number of piperazine rings is 1. The summed E-state index contributed by atoms with van der Waals surface area (Å²) in [6, 6.07) is 6.65. The van der Waals surface area contributed by atoms with E-state index < -0.39 is 0 Å². The van der Waals surface area contributed by atoms with Crippen molar-refractivity contribution in [2.45, 2.75) is 50.7 Å². The molecule has 24 heavy (non-hydrogen) atoms. The van der Waals surface area contributed by atoms with Gasteiger partial charge in [-0.2, -0.15) is 0 Å². The van der Waals surface area contributed by atoms with Gasteiger partial charge in [0.15, 0.2) is 0 Å². The molecule has 0 amide bonds. The molecule has 0 spiro atoms. The van der Waals surface area contributed by atoms with Gasteiger partial charge in [0.25, 0.3) is 0 Å². The molecule has 2 N–H and O–H groups in total. The van der Waals surface area contributed by atoms with Gasteiger partial charge in [0.1, 0.15) is 11.5 Å². The second kappa shape index (κ2) is 8.19. The molecule has 3 rings (SSSR count). The fraction of sp³-hybridized carbons (Fsp3) is 0.684. The molecule has 2 aliphatic rings. The number of aromatic hydroxyl groups is 1. The minimum Gasteiger partial charge on any atom is -0.507 e. The van der Waals surface area contributed by atoms with Gasteiger partial charge in [0.05, 0.1) is 7.11 Å². The van der Waals surface area contributed by atoms with Crippen molar-refractivity contribution >= 4 is 0 Å². The summed E-state index contributed by atoms with van der Waals surface area (Å²) >= 11 is 0. The van der Waals surface area contributed by atoms with Crippen LogP contribution in [0.5, 0.6) is 11.5 Å². The summed E-state index contributed by atoms with van der Waals surface area (Å²) in [5.74, 6) is 0.978. The Kier molecular flexibility index (Phi) is 5.98. The number of hydrogen-bond donors (Lipinski definition) is 2. The number of benzene rings is 1. The van der Waals surface area contributed by atoms with E-state index in [-0.39, 0.29) is 6.61 Å². The van der Waals surface area contributed by atoms with Crippen molar-refractivity contribution in [3.8, 4) is 11.5 Å². The van der Waals surface area contributed by atoms with Gasteiger partial charge in [-0.3, -0.25) is 9.80 Å². The standard InChI is InChI=1S/C19H30N2O3/c1-24-18-7-6-15(19(23)12-18)13-20-9-10-21(16-4-2-3-5-16)17(14-20)8-11-22/h6-7,12,16-17,22-23H,2-5,8-11,13-14H2,1H3/t17-/m1/s1. The third-order valence-electron chi connectivity index (χ3n) is 5.55. The summed E-state index contributed by atoms with van der Waals surface area (Å²) in [4.78, 5) is 5.03. The van der Waals surface area contributed by atoms with E-state index in [2.05, 4.69) is 9.80 Å². The van der Waals surface area contributed by atoms with E-state index in [1.807, 2.05) is 12.1 Å². The van der Waals surface area contributed by atoms with Gasteiger partial charge in [-0.05, 0) is 25.3 Å². The van der Waals surface area contributed by atoms with Crippen molar-refractivity contribution in [1.82, 2.24) is 9.80 Å². The van der Waals surface area contributed by atoms with Crippen molar-refractivity contribution in [3.63, 3.8) is 0 Å². The highest BCUT2D eigenvalue weighted by Gasteiger charge is 2.33. The Hall–Kier alpha value is -1.30. The van der Waals surface area contributed by atoms with E-state index in [1.54, 1.807) is 13.2 Å². The number of methoxy groups -OCH3 is 1. The lowest BCUT2D eigenvalue weighted by molar-refractivity contribution is 0.0265. The van der Waals surface area contributed by atoms with Crippen molar-refractivity contribution in [1.29, 1.82) is 0 Å². The highest BCUT2D eigenvalue weighted by Crippen LogP contribution is 2.29. The Morgan fingerprint density at radius 1 is 1.21 bits per heavy atom. The Balaban J connectivity index is 1.63. The lowest BCUT2D eigenvalue weighted by Gasteiger charge is -2.44. The predicted molar refractivity (Wildman–Crippen MR) is 94.4 cm³/mol. The summed E-state index contributed by atoms with van der Waals surface area (Å²) in [6.07, 6.45) is 6.14. The van der Waals surface area contributed by atoms with Crippen LogP contribution in [0.15, 0.2) is 18.2 Å². The van der Waals surface area contributed by atoms with Gasteiger partial charge in [0.2, 0.25) is 0 Å². The smallest absolute Gasteiger partial charge is 0.123 e. The van der Waals surface area contributed by atoms with Crippen molar-refractivity contribution in [2.75, 3.05) is 33.4 Å². The summed E-state index contributed by atoms with van der Waals surface area (Å²) in [6.45, 7) is 4.03. The first kappa shape index (κ1) is 17.5. The monoisotopic (exact) mass is 334 g/mol. The van der Waals surface area contributed by atoms with E-state index in [9.17, 15) is 10.2 Å². The van der Waals surface area contributed by atoms with Crippen molar-refractivity contribution < 1.29 is 14.9 Å². The SMILES string of the molecule is COc1ccc(CN2CCN(C3CCCC3)[C@H](CCO)C2)c(O)c1. The molecule has 1 saturated heterocycles. The van der Waals surface area contributed by atoms with Crippen LogP contribution in [0.2, 0.25) is 0 Å². The van der Waals surface area contributed by atoms with E-state index in [4.69, 9.17) is 4.74 Å². The van der Waals surface area contributed by atoms with Crippen LogP contribution in [0, 0.1) is 0 Å². The minimum absolute atomic E-state index is 0.246. The molecule has 5 nitrogen and oxygen atoms in total. The second-order valence-corrected chi connectivity index (χ2v) is 7.07. The summed E-state index contributed by atoms with van der Waals surface area (Å²) in [5, 5.41) is 19.6. The predicted octanol–water partition coefficient (Wildman–Crippen LogP) is 2.21. The maximum Gasteiger partial charge on any atom is 0.123 e. The van der Waals surface area contributed by atoms with Gasteiger partial charge in [0, 0.05) is 56.5 Å². The maximum atomic E-state index is 10.2. The molecule has 1 aromatic rings. The highest BCUT2D eigenvalue weighted by molar-refractivity contribution is 5.39. The number of aliphatic hydroxyl groups is 1. The first-order chi connectivity index (χ1) is 11.7. The number of hydrogen-bond acceptors (Lipinski definition) is 5. The van der Waals surface area contributed by atoms with Gasteiger partial charge in [-0.1, -0.05) is 18.9 Å². The molecule has 1 atom stereocenters. The van der Waals surface area contributed by atoms with Crippen LogP contribution >= 0.6 is 0 Å². The zero-order valence-electron chi connectivity index (χ0n) is 14.7. The van der Waals surface area contributed by atoms with Crippen LogP contribution in [-0.4, -0.2) is 65.4 Å². The molecule has 5 heteroatoms. The molecule has 1 aliphatic heterocycles. The lowest BCUT2D eigenvalue weighted by Crippen LogP contribution is -2.56. The largest absolute Gasteiger partial charge is 0.507 e. The topological polar surface area (TPSA) is 56.2 Å². The molecule has 0 bridgehead atoms. The molecule has 1 aliphatic carbocycles. The highest BCUT2D eigenvalue weighted by atomic mass is 16.5. The average Bonchev–Trinajstić information content (AvgIpc) is 3.11. The van der Waals surface area contributed by atoms with Crippen LogP contribution in [0.25, 0.3) is 0 Å². The Labute approximate surface area is 144 Å². The fourth-order valence-corrected chi connectivity index (χ4v) is 4.25. The molecule has 2 fully saturated rings. The van der Waals surface area contributed by atoms with E-state index in [0.29, 0.717) is 23.6 Å². The third kappa shape index (κ3) is 4.02. The van der Waals surface area contributed by atoms with Crippen molar-refractivity contribution in [3.05, 3.63) is 23.8 Å². The second-order valence-electron chi connectivity index (χ2n) is 7.07. The molecular formula is C19H30N2O3. The number of nitrogens with zero attached hydrogens (tertiary/aromatic N) is 2. The average molecular weight is 334 g/mol. The summed E-state index contributed by atoms with van der Waals surface area (Å²) in [7, 11) is 1.61. The minimum atomic E-state index is 0.246. The molecule has 0 radical (unpaired) electrons. The molecule has 1 aromatic carbocycles. The van der Waals surface area contributed by atoms with E-state index in [0.717, 1.165) is 38.2 Å². The number of aliphatic hydroxyl groups excluding tert-OH is 1. The maximum absolute atomic E-state index is 10.2. The van der Waals surface area contributed by atoms with Crippen LogP contribution in [0.3, 0.4) is 0 Å². The van der Waals surface area contributed by atoms with E-state index in [1.165, 1.54) is 25.7 Å². The number of phenolic OH excluding ortho intramolecular Hbond substituents is 1. The Bertz CT molecular complexity index is 531. The van der Waals surface area contributed by atoms with Crippen LogP contribution < -0.4 is 4.74 Å². The molecule has 134 valence electrons. The summed E-state index contributed by atoms with van der Waals surface area (Å²) < 4.78 is 5.15. The molecule has 1 heterocycles. The quantitative estimate of drug-likeness (QED) is 0.835.